The number of hydrogen-bond donors (Lipinski definition) is 0. The lowest BCUT2D eigenvalue weighted by atomic mass is 9.80. The van der Waals surface area contributed by atoms with E-state index in [2.05, 4.69) is 251 Å². The van der Waals surface area contributed by atoms with Gasteiger partial charge in [-0.25, -0.2) is 22.8 Å². The minimum atomic E-state index is -2.13. The number of hydrogen-bond acceptors (Lipinski definition) is 0. The molecule has 113 heavy (non-hydrogen) atoms. The minimum Gasteiger partial charge on any atom is -0.232 e. The molecule has 0 radical (unpaired) electrons. The summed E-state index contributed by atoms with van der Waals surface area (Å²) in [6.45, 7) is 48.9. The van der Waals surface area contributed by atoms with Crippen molar-refractivity contribution in [2.24, 2.45) is 35.2 Å². The summed E-state index contributed by atoms with van der Waals surface area (Å²) >= 11 is 0. The molecule has 0 saturated carbocycles. The van der Waals surface area contributed by atoms with Crippen molar-refractivity contribution in [2.75, 3.05) is 0 Å². The highest BCUT2D eigenvalue weighted by Gasteiger charge is 2.31. The highest BCUT2D eigenvalue weighted by Crippen LogP contribution is 2.39. The second-order valence-corrected chi connectivity index (χ2v) is 35.0. The SMILES string of the molecule is Cc1ccc(-c2cc(C(C)(C)C)c(C(C)C)c[n+]2C)c(C)c1.Cc1ccccc1-c1n(-c2c(C(C)C)cccc2C(C)C)cc[n+]1C.[2H]C(C)(C)c1cccc(C([2H])(C)C)c1-n1cc[n+](C)c1-c1ccccc1C.[2H]C([2H])([2H])c1ccc(-c2cc(C([2H])(C)C)c(C([2H])(C)C)c[n+]2C)c(C)c1.[2H]C([2H])c1c[n+](C)c(-c2ccc(C([2H])([2H])[2H])cc2C)cc1C(C)(C)C. The maximum absolute atomic E-state index is 8.71. The van der Waals surface area contributed by atoms with Crippen molar-refractivity contribution in [3.05, 3.63) is 301 Å². The van der Waals surface area contributed by atoms with Gasteiger partial charge in [-0.15, -0.1) is 0 Å². The highest BCUT2D eigenvalue weighted by atomic mass is 15.2. The van der Waals surface area contributed by atoms with Crippen LogP contribution in [0.25, 0.3) is 67.9 Å². The second-order valence-electron chi connectivity index (χ2n) is 35.0. The zero-order valence-corrected chi connectivity index (χ0v) is 74.5. The minimum absolute atomic E-state index is 0.154. The lowest BCUT2D eigenvalue weighted by Gasteiger charge is -2.24. The first-order chi connectivity index (χ1) is 57.5. The van der Waals surface area contributed by atoms with Gasteiger partial charge in [0.25, 0.3) is 11.6 Å². The van der Waals surface area contributed by atoms with Crippen LogP contribution in [-0.2, 0) is 46.1 Å². The van der Waals surface area contributed by atoms with E-state index >= 15 is 0 Å². The van der Waals surface area contributed by atoms with Gasteiger partial charge in [0.15, 0.2) is 18.6 Å². The van der Waals surface area contributed by atoms with Crippen molar-refractivity contribution in [3.63, 3.8) is 0 Å². The fourth-order valence-electron chi connectivity index (χ4n) is 15.4. The van der Waals surface area contributed by atoms with E-state index in [1.165, 1.54) is 72.8 Å². The van der Waals surface area contributed by atoms with Gasteiger partial charge >= 0.3 is 0 Å². The standard InChI is InChI=1S/2C23H29N2.C21H30N.C20H28N.C19H26N/c2*1-16(2)19-12-9-13-20(17(3)4)22(19)25-15-14-24(6)23(25)21-11-8-7-10-18(21)5;1-14(2)18-13-22(8)20(12-19(18)21(5,6)7)17-10-9-15(3)11-16(17)4;1-13(2)18-11-20(21(7)12-19(18)14(3)4)17-9-8-15(5)10-16(17)6;1-13-8-9-16(14(2)10-13)18-11-17(19(4,5)6)15(3)12-20(18)7/h2*7-17H,1-6H3;9-14H,1-8H3;8-14H,1-7H3;8-12H,1-7H3/q5*+1/i16D,17D;;;5D3,13D,14D;1D3,3D2. The van der Waals surface area contributed by atoms with Crippen molar-refractivity contribution in [1.29, 1.82) is 0 Å². The molecule has 0 N–H and O–H groups in total. The Morgan fingerprint density at radius 2 is 0.655 bits per heavy atom. The average molecular weight is 1530 g/mol. The summed E-state index contributed by atoms with van der Waals surface area (Å²) in [5.74, 6) is 0.562. The average Bonchev–Trinajstić information content (AvgIpc) is 1.72. The molecule has 0 spiro atoms. The van der Waals surface area contributed by atoms with E-state index in [0.29, 0.717) is 34.4 Å². The molecule has 0 unspecified atom stereocenters. The number of pyridine rings is 3. The topological polar surface area (TPSA) is 29.3 Å². The van der Waals surface area contributed by atoms with Gasteiger partial charge in [0, 0.05) is 90.3 Å². The predicted octanol–water partition coefficient (Wildman–Crippen LogP) is 25.7. The molecule has 12 aromatic rings. The molecule has 0 aliphatic heterocycles. The Bertz CT molecular complexity index is 5750. The molecule has 12 rings (SSSR count). The van der Waals surface area contributed by atoms with Crippen LogP contribution in [0.2, 0.25) is 0 Å². The van der Waals surface area contributed by atoms with E-state index in [1.807, 2.05) is 173 Å². The quantitative estimate of drug-likeness (QED) is 0.0971. The monoisotopic (exact) mass is 1530 g/mol. The van der Waals surface area contributed by atoms with E-state index in [0.717, 1.165) is 78.5 Å². The first kappa shape index (κ1) is 72.4. The molecular formula is C106H142N7+5. The van der Waals surface area contributed by atoms with Gasteiger partial charge in [-0.05, 0) is 189 Å². The third-order valence-electron chi connectivity index (χ3n) is 21.6. The predicted molar refractivity (Wildman–Crippen MR) is 483 cm³/mol. The van der Waals surface area contributed by atoms with Crippen molar-refractivity contribution < 1.29 is 39.3 Å². The van der Waals surface area contributed by atoms with Crippen LogP contribution in [0.1, 0.15) is 296 Å². The third-order valence-corrected chi connectivity index (χ3v) is 21.6. The van der Waals surface area contributed by atoms with E-state index in [4.69, 9.17) is 16.4 Å². The third kappa shape index (κ3) is 21.1. The summed E-state index contributed by atoms with van der Waals surface area (Å²) in [4.78, 5) is 0. The molecular weight excluding hydrogens is 1370 g/mol. The Labute approximate surface area is 702 Å². The van der Waals surface area contributed by atoms with Crippen LogP contribution in [0.5, 0.6) is 0 Å². The zero-order chi connectivity index (χ0) is 94.0. The zero-order valence-electron chi connectivity index (χ0n) is 86.5. The Kier molecular flexibility index (Phi) is 24.1. The van der Waals surface area contributed by atoms with Crippen LogP contribution >= 0.6 is 0 Å². The molecule has 7 aromatic carbocycles. The molecule has 596 valence electrons. The first-order valence-corrected chi connectivity index (χ1v) is 40.3. The molecule has 0 bridgehead atoms. The molecule has 5 aromatic heterocycles. The number of para-hydroxylation sites is 2. The van der Waals surface area contributed by atoms with Gasteiger partial charge in [0.1, 0.15) is 57.3 Å². The van der Waals surface area contributed by atoms with Crippen molar-refractivity contribution in [3.8, 4) is 67.9 Å². The Hall–Kier alpha value is -9.59. The van der Waals surface area contributed by atoms with Gasteiger partial charge in [0.2, 0.25) is 17.1 Å². The fraction of sp³-hybridized carbons (Fsp3) is 0.406. The van der Waals surface area contributed by atoms with Gasteiger partial charge in [-0.2, -0.15) is 9.13 Å². The maximum Gasteiger partial charge on any atom is 0.294 e. The largest absolute Gasteiger partial charge is 0.294 e. The van der Waals surface area contributed by atoms with E-state index in [9.17, 15) is 0 Å². The Morgan fingerprint density at radius 1 is 0.310 bits per heavy atom. The van der Waals surface area contributed by atoms with Crippen molar-refractivity contribution in [2.45, 2.75) is 253 Å². The van der Waals surface area contributed by atoms with Gasteiger partial charge in [-0.1, -0.05) is 264 Å². The number of aromatic nitrogens is 7. The number of rotatable bonds is 14. The number of aryl methyl sites for hydroxylation is 14. The molecule has 0 aliphatic rings. The molecule has 0 fully saturated rings. The summed E-state index contributed by atoms with van der Waals surface area (Å²) < 4.78 is 111. The van der Waals surface area contributed by atoms with E-state index in [-0.39, 0.29) is 10.8 Å². The molecule has 0 atom stereocenters. The van der Waals surface area contributed by atoms with Crippen LogP contribution < -0.4 is 22.8 Å². The molecule has 5 heterocycles. The lowest BCUT2D eigenvalue weighted by Crippen LogP contribution is -2.34. The Morgan fingerprint density at radius 3 is 1.02 bits per heavy atom. The van der Waals surface area contributed by atoms with Crippen molar-refractivity contribution >= 4 is 0 Å². The maximum atomic E-state index is 8.71. The number of imidazole rings is 2. The van der Waals surface area contributed by atoms with Gasteiger partial charge < -0.3 is 0 Å². The first-order valence-electron chi connectivity index (χ1n) is 46.5. The van der Waals surface area contributed by atoms with Crippen LogP contribution in [0, 0.1) is 62.1 Å². The normalized spacial score (nSPS) is 13.8. The van der Waals surface area contributed by atoms with Gasteiger partial charge in [-0.3, -0.25) is 0 Å². The van der Waals surface area contributed by atoms with Crippen LogP contribution in [0.3, 0.4) is 0 Å². The van der Waals surface area contributed by atoms with E-state index in [1.54, 1.807) is 24.3 Å². The molecule has 7 heteroatoms. The number of benzene rings is 7. The fourth-order valence-corrected chi connectivity index (χ4v) is 15.4. The second kappa shape index (κ2) is 37.6. The molecule has 0 amide bonds. The summed E-state index contributed by atoms with van der Waals surface area (Å²) in [6, 6.07) is 53.2. The Balaban J connectivity index is 0.000000194. The summed E-state index contributed by atoms with van der Waals surface area (Å²) in [5.41, 5.74) is 29.5. The van der Waals surface area contributed by atoms with Gasteiger partial charge in [0.05, 0.1) is 25.2 Å². The van der Waals surface area contributed by atoms with Crippen LogP contribution in [-0.4, -0.2) is 9.13 Å². The summed E-state index contributed by atoms with van der Waals surface area (Å²) in [5, 5.41) is 0. The summed E-state index contributed by atoms with van der Waals surface area (Å²) in [7, 11) is 10.1. The molecule has 0 aliphatic carbocycles. The van der Waals surface area contributed by atoms with Crippen LogP contribution in [0.15, 0.2) is 201 Å². The number of nitrogens with zero attached hydrogens (tertiary/aromatic N) is 7. The lowest BCUT2D eigenvalue weighted by molar-refractivity contribution is -0.661. The van der Waals surface area contributed by atoms with E-state index < -0.39 is 44.2 Å². The summed E-state index contributed by atoms with van der Waals surface area (Å²) in [6.07, 6.45) is 14.5. The highest BCUT2D eigenvalue weighted by molar-refractivity contribution is 5.68. The smallest absolute Gasteiger partial charge is 0.232 e. The molecule has 7 nitrogen and oxygen atoms in total. The molecule has 0 saturated heterocycles. The van der Waals surface area contributed by atoms with Crippen LogP contribution in [0.4, 0.5) is 0 Å². The van der Waals surface area contributed by atoms with Crippen molar-refractivity contribution in [1.82, 2.24) is 9.13 Å².